The quantitative estimate of drug-likeness (QED) is 0.681. The first-order chi connectivity index (χ1) is 13.3. The first-order valence-electron chi connectivity index (χ1n) is 8.72. The predicted molar refractivity (Wildman–Crippen MR) is 109 cm³/mol. The molecule has 1 aromatic carbocycles. The molecule has 0 radical (unpaired) electrons. The van der Waals surface area contributed by atoms with Crippen LogP contribution in [0.1, 0.15) is 25.0 Å². The van der Waals surface area contributed by atoms with Crippen LogP contribution in [0.4, 0.5) is 8.78 Å². The van der Waals surface area contributed by atoms with Crippen molar-refractivity contribution in [3.05, 3.63) is 95.8 Å². The van der Waals surface area contributed by atoms with Gasteiger partial charge in [0.25, 0.3) is 11.8 Å². The second-order valence-electron chi connectivity index (χ2n) is 6.27. The number of benzene rings is 1. The van der Waals surface area contributed by atoms with Crippen LogP contribution in [0.3, 0.4) is 0 Å². The summed E-state index contributed by atoms with van der Waals surface area (Å²) >= 11 is 0. The van der Waals surface area contributed by atoms with Crippen LogP contribution in [0, 0.1) is 0 Å². The van der Waals surface area contributed by atoms with Crippen molar-refractivity contribution in [1.82, 2.24) is 10.7 Å². The van der Waals surface area contributed by atoms with Gasteiger partial charge in [-0.25, -0.2) is 8.78 Å². The molecule has 0 saturated carbocycles. The molecule has 0 atom stereocenters. The molecule has 0 unspecified atom stereocenters. The highest BCUT2D eigenvalue weighted by Crippen LogP contribution is 2.27. The number of alkyl halides is 2. The summed E-state index contributed by atoms with van der Waals surface area (Å²) < 4.78 is 26.9. The van der Waals surface area contributed by atoms with Crippen LogP contribution in [0.5, 0.6) is 0 Å². The van der Waals surface area contributed by atoms with Gasteiger partial charge < -0.3 is 5.32 Å². The number of hydrogen-bond acceptors (Lipinski definition) is 3. The van der Waals surface area contributed by atoms with E-state index in [0.29, 0.717) is 22.5 Å². The fourth-order valence-electron chi connectivity index (χ4n) is 2.56. The Bertz CT molecular complexity index is 903. The highest BCUT2D eigenvalue weighted by atomic mass is 19.3. The minimum atomic E-state index is -2.93. The molecule has 0 fully saturated rings. The van der Waals surface area contributed by atoms with Crippen LogP contribution in [-0.2, 0) is 17.3 Å². The van der Waals surface area contributed by atoms with Crippen LogP contribution in [0.2, 0.25) is 0 Å². The number of halogens is 2. The van der Waals surface area contributed by atoms with Gasteiger partial charge in [0.05, 0.1) is 17.0 Å². The van der Waals surface area contributed by atoms with E-state index < -0.39 is 5.92 Å². The van der Waals surface area contributed by atoms with Gasteiger partial charge >= 0.3 is 0 Å². The van der Waals surface area contributed by atoms with E-state index in [-0.39, 0.29) is 18.0 Å². The molecule has 1 amide bonds. The molecule has 1 heterocycles. The van der Waals surface area contributed by atoms with Crippen LogP contribution in [-0.4, -0.2) is 11.6 Å². The number of rotatable bonds is 7. The predicted octanol–water partition coefficient (Wildman–Crippen LogP) is 4.50. The number of carbonyl (C=O) groups excluding carboxylic acids is 1. The Labute approximate surface area is 163 Å². The van der Waals surface area contributed by atoms with E-state index in [0.717, 1.165) is 12.5 Å². The average Bonchev–Trinajstić information content (AvgIpc) is 2.66. The summed E-state index contributed by atoms with van der Waals surface area (Å²) in [5.74, 6) is -3.31. The van der Waals surface area contributed by atoms with Gasteiger partial charge in [-0.1, -0.05) is 55.7 Å². The lowest BCUT2D eigenvalue weighted by Gasteiger charge is -2.17. The zero-order valence-electron chi connectivity index (χ0n) is 15.9. The number of amides is 1. The third-order valence-corrected chi connectivity index (χ3v) is 3.99. The summed E-state index contributed by atoms with van der Waals surface area (Å²) in [4.78, 5) is 12.6. The van der Waals surface area contributed by atoms with Crippen molar-refractivity contribution in [2.24, 2.45) is 5.10 Å². The Kier molecular flexibility index (Phi) is 6.82. The van der Waals surface area contributed by atoms with Crippen molar-refractivity contribution in [2.45, 2.75) is 26.3 Å². The molecule has 0 saturated heterocycles. The Morgan fingerprint density at radius 2 is 2.14 bits per heavy atom. The lowest BCUT2D eigenvalue weighted by atomic mass is 10.0. The molecule has 4 nitrogen and oxygen atoms in total. The summed E-state index contributed by atoms with van der Waals surface area (Å²) in [7, 11) is 0. The molecule has 1 aromatic rings. The summed E-state index contributed by atoms with van der Waals surface area (Å²) in [6, 6.07) is 5.97. The number of hydrogen-bond donors (Lipinski definition) is 2. The van der Waals surface area contributed by atoms with Crippen LogP contribution < -0.4 is 10.7 Å². The summed E-state index contributed by atoms with van der Waals surface area (Å²) in [6.45, 7) is 10.3. The van der Waals surface area contributed by atoms with Gasteiger partial charge in [-0.3, -0.25) is 10.2 Å². The number of nitrogens with zero attached hydrogens (tertiary/aromatic N) is 1. The number of carbonyl (C=O) groups is 1. The molecule has 0 bridgehead atoms. The highest BCUT2D eigenvalue weighted by molar-refractivity contribution is 6.16. The maximum atomic E-state index is 13.5. The van der Waals surface area contributed by atoms with E-state index in [2.05, 4.69) is 29.0 Å². The molecule has 146 valence electrons. The third-order valence-electron chi connectivity index (χ3n) is 3.99. The largest absolute Gasteiger partial charge is 0.348 e. The SMILES string of the molecule is C=C/C=C(\C=C/C)C1=NNC(=C)C(C(=O)NCc2cccc(C(C)(F)F)c2)=C1. The normalized spacial score (nSPS) is 15.0. The molecule has 0 aromatic heterocycles. The number of allylic oxidation sites excluding steroid dienone is 6. The molecule has 2 N–H and O–H groups in total. The maximum Gasteiger partial charge on any atom is 0.270 e. The Hall–Kier alpha value is -3.28. The van der Waals surface area contributed by atoms with E-state index in [1.54, 1.807) is 30.4 Å². The van der Waals surface area contributed by atoms with E-state index in [4.69, 9.17) is 0 Å². The van der Waals surface area contributed by atoms with Crippen molar-refractivity contribution < 1.29 is 13.6 Å². The van der Waals surface area contributed by atoms with Crippen LogP contribution in [0.15, 0.2) is 89.7 Å². The molecule has 0 spiro atoms. The van der Waals surface area contributed by atoms with Gasteiger partial charge in [-0.15, -0.1) is 0 Å². The number of nitrogens with one attached hydrogen (secondary N) is 2. The average molecular weight is 383 g/mol. The van der Waals surface area contributed by atoms with Crippen molar-refractivity contribution in [3.8, 4) is 0 Å². The second-order valence-corrected chi connectivity index (χ2v) is 6.27. The molecular weight excluding hydrogens is 360 g/mol. The number of hydrazone groups is 1. The molecule has 1 aliphatic rings. The summed E-state index contributed by atoms with van der Waals surface area (Å²) in [5, 5.41) is 6.93. The van der Waals surface area contributed by atoms with E-state index in [1.165, 1.54) is 12.1 Å². The minimum absolute atomic E-state index is 0.0952. The van der Waals surface area contributed by atoms with Crippen LogP contribution in [0.25, 0.3) is 0 Å². The van der Waals surface area contributed by atoms with Gasteiger partial charge in [-0.05, 0) is 24.6 Å². The molecular formula is C22H23F2N3O. The lowest BCUT2D eigenvalue weighted by molar-refractivity contribution is -0.117. The first-order valence-corrected chi connectivity index (χ1v) is 8.72. The van der Waals surface area contributed by atoms with Crippen molar-refractivity contribution >= 4 is 11.6 Å². The Morgan fingerprint density at radius 1 is 1.39 bits per heavy atom. The van der Waals surface area contributed by atoms with Crippen LogP contribution >= 0.6 is 0 Å². The summed E-state index contributed by atoms with van der Waals surface area (Å²) in [5.41, 5.74) is 5.24. The smallest absolute Gasteiger partial charge is 0.270 e. The van der Waals surface area contributed by atoms with Gasteiger partial charge in [0.15, 0.2) is 0 Å². The fourth-order valence-corrected chi connectivity index (χ4v) is 2.56. The Morgan fingerprint density at radius 3 is 2.79 bits per heavy atom. The third kappa shape index (κ3) is 5.36. The zero-order chi connectivity index (χ0) is 20.7. The molecule has 0 aliphatic carbocycles. The standard InChI is InChI=1S/C22H23F2N3O/c1-5-8-17(9-6-2)20-13-19(15(3)26-27-20)21(28)25-14-16-10-7-11-18(12-16)22(4,23)24/h5-13,26H,1,3,14H2,2,4H3,(H,25,28)/b9-6-,17-8+. The van der Waals surface area contributed by atoms with E-state index >= 15 is 0 Å². The molecule has 1 aliphatic heterocycles. The molecule has 2 rings (SSSR count). The zero-order valence-corrected chi connectivity index (χ0v) is 15.9. The topological polar surface area (TPSA) is 53.5 Å². The van der Waals surface area contributed by atoms with Gasteiger partial charge in [-0.2, -0.15) is 5.10 Å². The summed E-state index contributed by atoms with van der Waals surface area (Å²) in [6.07, 6.45) is 8.73. The molecule has 28 heavy (non-hydrogen) atoms. The fraction of sp³-hybridized carbons (Fsp3) is 0.182. The van der Waals surface area contributed by atoms with Crippen molar-refractivity contribution in [1.29, 1.82) is 0 Å². The van der Waals surface area contributed by atoms with Crippen molar-refractivity contribution in [2.75, 3.05) is 0 Å². The second kappa shape index (κ2) is 9.08. The monoisotopic (exact) mass is 383 g/mol. The Balaban J connectivity index is 2.17. The molecule has 6 heteroatoms. The van der Waals surface area contributed by atoms with Gasteiger partial charge in [0.1, 0.15) is 0 Å². The first kappa shape index (κ1) is 21.0. The maximum absolute atomic E-state index is 13.5. The van der Waals surface area contributed by atoms with E-state index in [9.17, 15) is 13.6 Å². The van der Waals surface area contributed by atoms with Crippen molar-refractivity contribution in [3.63, 3.8) is 0 Å². The van der Waals surface area contributed by atoms with Gasteiger partial charge in [0.2, 0.25) is 0 Å². The minimum Gasteiger partial charge on any atom is -0.348 e. The van der Waals surface area contributed by atoms with Gasteiger partial charge in [0, 0.05) is 24.6 Å². The highest BCUT2D eigenvalue weighted by Gasteiger charge is 2.24. The lowest BCUT2D eigenvalue weighted by Crippen LogP contribution is -2.30. The van der Waals surface area contributed by atoms with E-state index in [1.807, 2.05) is 19.1 Å².